The van der Waals surface area contributed by atoms with Crippen LogP contribution >= 0.6 is 0 Å². The first kappa shape index (κ1) is 13.7. The molecule has 4 nitrogen and oxygen atoms in total. The number of nitrogens with one attached hydrogen (secondary N) is 1. The van der Waals surface area contributed by atoms with Gasteiger partial charge in [-0.25, -0.2) is 0 Å². The van der Waals surface area contributed by atoms with Gasteiger partial charge in [0, 0.05) is 0 Å². The van der Waals surface area contributed by atoms with Gasteiger partial charge in [-0.15, -0.1) is 0 Å². The van der Waals surface area contributed by atoms with Crippen LogP contribution in [-0.4, -0.2) is 30.3 Å². The average Bonchev–Trinajstić information content (AvgIpc) is 2.37. The van der Waals surface area contributed by atoms with Gasteiger partial charge in [0.2, 0.25) is 5.91 Å². The first-order valence-electron chi connectivity index (χ1n) is 5.78. The maximum atomic E-state index is 11.4. The molecule has 0 aliphatic rings. The number of carbonyl (C=O) groups is 1. The van der Waals surface area contributed by atoms with E-state index in [1.165, 1.54) is 0 Å². The van der Waals surface area contributed by atoms with Crippen molar-refractivity contribution in [3.05, 3.63) is 35.9 Å². The first-order chi connectivity index (χ1) is 8.26. The molecule has 0 saturated carbocycles. The summed E-state index contributed by atoms with van der Waals surface area (Å²) in [5, 5.41) is 11.6. The molecule has 17 heavy (non-hydrogen) atoms. The fourth-order valence-corrected chi connectivity index (χ4v) is 1.38. The largest absolute Gasteiger partial charge is 0.394 e. The van der Waals surface area contributed by atoms with Crippen molar-refractivity contribution >= 4 is 5.91 Å². The van der Waals surface area contributed by atoms with Gasteiger partial charge in [0.05, 0.1) is 19.3 Å². The van der Waals surface area contributed by atoms with E-state index in [9.17, 15) is 4.79 Å². The van der Waals surface area contributed by atoms with Gasteiger partial charge in [0.1, 0.15) is 6.61 Å². The summed E-state index contributed by atoms with van der Waals surface area (Å²) in [7, 11) is 0. The van der Waals surface area contributed by atoms with Crippen LogP contribution in [0.15, 0.2) is 30.3 Å². The molecular weight excluding hydrogens is 218 g/mol. The van der Waals surface area contributed by atoms with E-state index in [1.54, 1.807) is 0 Å². The molecule has 1 amide bonds. The number of ether oxygens (including phenoxy) is 1. The van der Waals surface area contributed by atoms with E-state index >= 15 is 0 Å². The van der Waals surface area contributed by atoms with Gasteiger partial charge < -0.3 is 15.2 Å². The van der Waals surface area contributed by atoms with Crippen molar-refractivity contribution in [1.29, 1.82) is 0 Å². The van der Waals surface area contributed by atoms with E-state index in [0.717, 1.165) is 5.56 Å². The van der Waals surface area contributed by atoms with Crippen LogP contribution in [0.25, 0.3) is 0 Å². The second-order valence-electron chi connectivity index (χ2n) is 3.83. The Labute approximate surface area is 102 Å². The third kappa shape index (κ3) is 5.47. The lowest BCUT2D eigenvalue weighted by atomic mass is 10.2. The Morgan fingerprint density at radius 2 is 2.12 bits per heavy atom. The van der Waals surface area contributed by atoms with Crippen LogP contribution < -0.4 is 5.32 Å². The Kier molecular flexibility index (Phi) is 6.29. The fraction of sp³-hybridized carbons (Fsp3) is 0.462. The van der Waals surface area contributed by atoms with Gasteiger partial charge in [-0.1, -0.05) is 37.3 Å². The molecular formula is C13H19NO3. The lowest BCUT2D eigenvalue weighted by molar-refractivity contribution is -0.127. The highest BCUT2D eigenvalue weighted by Crippen LogP contribution is 2.00. The minimum absolute atomic E-state index is 0.0192. The summed E-state index contributed by atoms with van der Waals surface area (Å²) in [4.78, 5) is 11.4. The second-order valence-corrected chi connectivity index (χ2v) is 3.83. The molecule has 0 unspecified atom stereocenters. The number of hydrogen-bond donors (Lipinski definition) is 2. The van der Waals surface area contributed by atoms with Gasteiger partial charge in [-0.05, 0) is 12.0 Å². The summed E-state index contributed by atoms with van der Waals surface area (Å²) in [5.74, 6) is -0.193. The highest BCUT2D eigenvalue weighted by Gasteiger charge is 2.08. The molecule has 0 aliphatic heterocycles. The quantitative estimate of drug-likeness (QED) is 0.746. The molecule has 0 radical (unpaired) electrons. The molecule has 0 bridgehead atoms. The molecule has 2 N–H and O–H groups in total. The number of rotatable bonds is 7. The zero-order valence-corrected chi connectivity index (χ0v) is 10.1. The average molecular weight is 237 g/mol. The van der Waals surface area contributed by atoms with Gasteiger partial charge in [-0.2, -0.15) is 0 Å². The molecule has 0 fully saturated rings. The van der Waals surface area contributed by atoms with Crippen molar-refractivity contribution in [2.45, 2.75) is 26.0 Å². The molecule has 0 heterocycles. The van der Waals surface area contributed by atoms with Crippen LogP contribution in [-0.2, 0) is 16.1 Å². The fourth-order valence-electron chi connectivity index (χ4n) is 1.38. The smallest absolute Gasteiger partial charge is 0.246 e. The molecule has 1 atom stereocenters. The lowest BCUT2D eigenvalue weighted by Crippen LogP contribution is -2.39. The SMILES string of the molecule is CC[C@H](CO)NC(=O)COCc1ccccc1. The minimum atomic E-state index is -0.193. The summed E-state index contributed by atoms with van der Waals surface area (Å²) in [5.41, 5.74) is 1.04. The van der Waals surface area contributed by atoms with Crippen LogP contribution in [0.1, 0.15) is 18.9 Å². The predicted molar refractivity (Wildman–Crippen MR) is 65.4 cm³/mol. The minimum Gasteiger partial charge on any atom is -0.394 e. The maximum Gasteiger partial charge on any atom is 0.246 e. The summed E-state index contributed by atoms with van der Waals surface area (Å²) in [6, 6.07) is 9.50. The number of carbonyl (C=O) groups excluding carboxylic acids is 1. The van der Waals surface area contributed by atoms with E-state index in [0.29, 0.717) is 13.0 Å². The van der Waals surface area contributed by atoms with Crippen molar-refractivity contribution in [2.75, 3.05) is 13.2 Å². The highest BCUT2D eigenvalue weighted by atomic mass is 16.5. The third-order valence-electron chi connectivity index (χ3n) is 2.42. The Hall–Kier alpha value is -1.39. The Morgan fingerprint density at radius 3 is 2.71 bits per heavy atom. The summed E-state index contributed by atoms with van der Waals surface area (Å²) in [6.07, 6.45) is 0.709. The Morgan fingerprint density at radius 1 is 1.41 bits per heavy atom. The van der Waals surface area contributed by atoms with E-state index in [1.807, 2.05) is 37.3 Å². The molecule has 94 valence electrons. The molecule has 0 aliphatic carbocycles. The van der Waals surface area contributed by atoms with Gasteiger partial charge in [0.25, 0.3) is 0 Å². The topological polar surface area (TPSA) is 58.6 Å². The number of benzene rings is 1. The highest BCUT2D eigenvalue weighted by molar-refractivity contribution is 5.77. The van der Waals surface area contributed by atoms with Gasteiger partial charge in [-0.3, -0.25) is 4.79 Å². The summed E-state index contributed by atoms with van der Waals surface area (Å²) < 4.78 is 5.28. The molecule has 1 aromatic rings. The number of aliphatic hydroxyl groups is 1. The molecule has 0 saturated heterocycles. The standard InChI is InChI=1S/C13H19NO3/c1-2-12(8-15)14-13(16)10-17-9-11-6-4-3-5-7-11/h3-7,12,15H,2,8-10H2,1H3,(H,14,16)/t12-/m1/s1. The summed E-state index contributed by atoms with van der Waals surface area (Å²) >= 11 is 0. The van der Waals surface area contributed by atoms with Gasteiger partial charge >= 0.3 is 0 Å². The molecule has 0 aromatic heterocycles. The molecule has 4 heteroatoms. The van der Waals surface area contributed by atoms with Gasteiger partial charge in [0.15, 0.2) is 0 Å². The van der Waals surface area contributed by atoms with Crippen molar-refractivity contribution in [2.24, 2.45) is 0 Å². The van der Waals surface area contributed by atoms with E-state index < -0.39 is 0 Å². The van der Waals surface area contributed by atoms with Crippen molar-refractivity contribution in [3.63, 3.8) is 0 Å². The lowest BCUT2D eigenvalue weighted by Gasteiger charge is -2.13. The van der Waals surface area contributed by atoms with Crippen LogP contribution in [0, 0.1) is 0 Å². The number of aliphatic hydroxyl groups excluding tert-OH is 1. The van der Waals surface area contributed by atoms with E-state index in [4.69, 9.17) is 9.84 Å². The number of amides is 1. The molecule has 1 rings (SSSR count). The normalized spacial score (nSPS) is 12.1. The first-order valence-corrected chi connectivity index (χ1v) is 5.78. The Bertz CT molecular complexity index is 323. The van der Waals surface area contributed by atoms with Crippen molar-refractivity contribution in [3.8, 4) is 0 Å². The number of hydrogen-bond acceptors (Lipinski definition) is 3. The zero-order valence-electron chi connectivity index (χ0n) is 10.1. The maximum absolute atomic E-state index is 11.4. The molecule has 0 spiro atoms. The monoisotopic (exact) mass is 237 g/mol. The van der Waals surface area contributed by atoms with Crippen LogP contribution in [0.3, 0.4) is 0 Å². The predicted octanol–water partition coefficient (Wildman–Crippen LogP) is 1.09. The third-order valence-corrected chi connectivity index (χ3v) is 2.42. The van der Waals surface area contributed by atoms with Crippen LogP contribution in [0.2, 0.25) is 0 Å². The van der Waals surface area contributed by atoms with E-state index in [2.05, 4.69) is 5.32 Å². The van der Waals surface area contributed by atoms with Crippen LogP contribution in [0.5, 0.6) is 0 Å². The zero-order chi connectivity index (χ0) is 12.5. The van der Waals surface area contributed by atoms with Crippen molar-refractivity contribution < 1.29 is 14.6 Å². The summed E-state index contributed by atoms with van der Waals surface area (Å²) in [6.45, 7) is 2.31. The van der Waals surface area contributed by atoms with Crippen LogP contribution in [0.4, 0.5) is 0 Å². The Balaban J connectivity index is 2.20. The second kappa shape index (κ2) is 7.81. The van der Waals surface area contributed by atoms with E-state index in [-0.39, 0.29) is 25.2 Å². The molecule has 1 aromatic carbocycles. The van der Waals surface area contributed by atoms with Crippen molar-refractivity contribution in [1.82, 2.24) is 5.32 Å².